The molecule has 1 saturated carbocycles. The van der Waals surface area contributed by atoms with Gasteiger partial charge in [0.15, 0.2) is 6.10 Å². The zero-order valence-electron chi connectivity index (χ0n) is 20.8. The molecule has 1 heterocycles. The molecule has 0 unspecified atom stereocenters. The molecule has 0 amide bonds. The van der Waals surface area contributed by atoms with Gasteiger partial charge >= 0.3 is 0 Å². The van der Waals surface area contributed by atoms with Gasteiger partial charge < -0.3 is 65.3 Å². The average Bonchev–Trinajstić information content (AvgIpc) is 2.93. The lowest BCUT2D eigenvalue weighted by atomic mass is 9.78. The van der Waals surface area contributed by atoms with Crippen molar-refractivity contribution < 1.29 is 74.1 Å². The van der Waals surface area contributed by atoms with Crippen molar-refractivity contribution in [3.63, 3.8) is 0 Å². The van der Waals surface area contributed by atoms with Gasteiger partial charge in [-0.3, -0.25) is 0 Å². The lowest BCUT2D eigenvalue weighted by Crippen LogP contribution is -2.67. The summed E-state index contributed by atoms with van der Waals surface area (Å²) in [5.74, 6) is -5.51. The fraction of sp³-hybridized carbons (Fsp3) is 0.520. The lowest BCUT2D eigenvalue weighted by Gasteiger charge is -2.45. The minimum atomic E-state index is -3.76. The number of hydrogen-bond donors (Lipinski definition) is 10. The highest BCUT2D eigenvalue weighted by Crippen LogP contribution is 2.41. The molecule has 2 aromatic carbocycles. The molecular formula is C25H32F2O13. The summed E-state index contributed by atoms with van der Waals surface area (Å²) in [6.45, 7) is -1.59. The molecule has 2 aromatic rings. The van der Waals surface area contributed by atoms with Crippen LogP contribution in [0.25, 0.3) is 0 Å². The fourth-order valence-corrected chi connectivity index (χ4v) is 4.16. The Balaban J connectivity index is 0.000000222. The van der Waals surface area contributed by atoms with E-state index in [-0.39, 0.29) is 17.2 Å². The van der Waals surface area contributed by atoms with Crippen molar-refractivity contribution in [1.29, 1.82) is 0 Å². The molecule has 1 aliphatic carbocycles. The summed E-state index contributed by atoms with van der Waals surface area (Å²) in [6.07, 6.45) is -14.6. The Bertz CT molecular complexity index is 1060. The van der Waals surface area contributed by atoms with Gasteiger partial charge in [-0.25, -0.2) is 8.78 Å². The van der Waals surface area contributed by atoms with Crippen LogP contribution in [0.2, 0.25) is 0 Å². The normalized spacial score (nSPS) is 35.2. The predicted molar refractivity (Wildman–Crippen MR) is 129 cm³/mol. The maximum absolute atomic E-state index is 14.2. The van der Waals surface area contributed by atoms with Gasteiger partial charge in [0.05, 0.1) is 25.2 Å². The van der Waals surface area contributed by atoms with E-state index in [1.165, 1.54) is 48.5 Å². The van der Waals surface area contributed by atoms with Crippen LogP contribution in [0, 0.1) is 5.92 Å². The predicted octanol–water partition coefficient (Wildman–Crippen LogP) is -1.95. The summed E-state index contributed by atoms with van der Waals surface area (Å²) in [5.41, 5.74) is 0. The molecule has 1 aliphatic heterocycles. The molecule has 2 aliphatic rings. The smallest absolute Gasteiger partial charge is 0.294 e. The number of rotatable bonds is 6. The number of aliphatic hydroxyl groups excluding tert-OH is 8. The van der Waals surface area contributed by atoms with Crippen LogP contribution in [-0.2, 0) is 4.74 Å². The van der Waals surface area contributed by atoms with Crippen LogP contribution in [0.5, 0.6) is 23.0 Å². The van der Waals surface area contributed by atoms with Crippen molar-refractivity contribution in [1.82, 2.24) is 0 Å². The number of halogens is 2. The second kappa shape index (κ2) is 13.2. The molecule has 2 fully saturated rings. The quantitative estimate of drug-likeness (QED) is 0.180. The summed E-state index contributed by atoms with van der Waals surface area (Å²) in [7, 11) is 0. The summed E-state index contributed by atoms with van der Waals surface area (Å²) < 4.78 is 43.9. The van der Waals surface area contributed by atoms with Crippen molar-refractivity contribution in [3.8, 4) is 23.0 Å². The molecule has 0 bridgehead atoms. The Morgan fingerprint density at radius 2 is 1.10 bits per heavy atom. The molecular weight excluding hydrogens is 546 g/mol. The Kier molecular flexibility index (Phi) is 10.5. The number of phenols is 2. The molecule has 40 heavy (non-hydrogen) atoms. The first kappa shape index (κ1) is 31.7. The van der Waals surface area contributed by atoms with Crippen LogP contribution < -0.4 is 9.47 Å². The van der Waals surface area contributed by atoms with Gasteiger partial charge in [-0.1, -0.05) is 0 Å². The van der Waals surface area contributed by atoms with Crippen molar-refractivity contribution in [3.05, 3.63) is 48.5 Å². The Morgan fingerprint density at radius 3 is 1.57 bits per heavy atom. The summed E-state index contributed by atoms with van der Waals surface area (Å²) in [6, 6.07) is 10.5. The summed E-state index contributed by atoms with van der Waals surface area (Å²) in [5, 5.41) is 94.0. The number of ether oxygens (including phenoxy) is 3. The zero-order chi connectivity index (χ0) is 29.8. The van der Waals surface area contributed by atoms with Crippen molar-refractivity contribution in [2.45, 2.75) is 61.0 Å². The highest BCUT2D eigenvalue weighted by molar-refractivity contribution is 5.31. The standard InChI is InChI=1S/C13H16F2O6.C12H16O7/c14-13(15)8(5-16)9(18)10(19)11(20)12(13)21-7-3-1-6(17)2-4-7;13-5-8-9(15)10(16)11(17)12(19-8)18-7-3-1-6(14)2-4-7/h1-4,8-12,16-20H,5H2;1-4,8-17H,5H2/t8-,9-,10+,11-,12+;8-,9-,10+,11-,12-/m11/s1. The molecule has 4 rings (SSSR count). The highest BCUT2D eigenvalue weighted by Gasteiger charge is 2.62. The first-order valence-corrected chi connectivity index (χ1v) is 12.1. The Hall–Kier alpha value is -2.86. The van der Waals surface area contributed by atoms with Gasteiger partial charge in [0.25, 0.3) is 5.92 Å². The van der Waals surface area contributed by atoms with E-state index in [1.807, 2.05) is 0 Å². The molecule has 0 aromatic heterocycles. The van der Waals surface area contributed by atoms with Crippen LogP contribution in [0.15, 0.2) is 48.5 Å². The summed E-state index contributed by atoms with van der Waals surface area (Å²) >= 11 is 0. The number of aliphatic hydroxyl groups is 8. The third kappa shape index (κ3) is 6.88. The third-order valence-corrected chi connectivity index (χ3v) is 6.53. The van der Waals surface area contributed by atoms with E-state index >= 15 is 0 Å². The van der Waals surface area contributed by atoms with Gasteiger partial charge in [-0.15, -0.1) is 0 Å². The first-order valence-electron chi connectivity index (χ1n) is 12.1. The Morgan fingerprint density at radius 1 is 0.625 bits per heavy atom. The summed E-state index contributed by atoms with van der Waals surface area (Å²) in [4.78, 5) is 0. The van der Waals surface area contributed by atoms with Gasteiger partial charge in [0.2, 0.25) is 6.29 Å². The SMILES string of the molecule is OC[C@@H]1[C@@H](O)[C@H](O)[C@@H](O)[C@H](Oc2ccc(O)cc2)C1(F)F.OC[C@H]1O[C@@H](Oc2ccc(O)cc2)[C@H](O)[C@@H](O)[C@@H]1O. The number of aromatic hydroxyl groups is 2. The van der Waals surface area contributed by atoms with Crippen LogP contribution in [0.4, 0.5) is 8.78 Å². The molecule has 0 radical (unpaired) electrons. The second-order valence-electron chi connectivity index (χ2n) is 9.28. The largest absolute Gasteiger partial charge is 0.508 e. The molecule has 13 nitrogen and oxygen atoms in total. The van der Waals surface area contributed by atoms with E-state index in [0.29, 0.717) is 5.75 Å². The van der Waals surface area contributed by atoms with Gasteiger partial charge in [0, 0.05) is 0 Å². The van der Waals surface area contributed by atoms with Gasteiger partial charge in [-0.05, 0) is 48.5 Å². The number of alkyl halides is 2. The Labute approximate surface area is 226 Å². The van der Waals surface area contributed by atoms with E-state index in [9.17, 15) is 39.4 Å². The van der Waals surface area contributed by atoms with E-state index < -0.39 is 80.2 Å². The van der Waals surface area contributed by atoms with Gasteiger partial charge in [-0.2, -0.15) is 0 Å². The highest BCUT2D eigenvalue weighted by atomic mass is 19.3. The molecule has 10 atom stereocenters. The third-order valence-electron chi connectivity index (χ3n) is 6.53. The molecule has 1 saturated heterocycles. The van der Waals surface area contributed by atoms with Gasteiger partial charge in [0.1, 0.15) is 59.6 Å². The monoisotopic (exact) mass is 578 g/mol. The number of hydrogen-bond acceptors (Lipinski definition) is 13. The molecule has 15 heteroatoms. The van der Waals surface area contributed by atoms with E-state index in [2.05, 4.69) is 0 Å². The van der Waals surface area contributed by atoms with Crippen LogP contribution in [-0.4, -0.2) is 125 Å². The molecule has 10 N–H and O–H groups in total. The topological polar surface area (TPSA) is 230 Å². The molecule has 0 spiro atoms. The minimum Gasteiger partial charge on any atom is -0.508 e. The minimum absolute atomic E-state index is 0.0566. The van der Waals surface area contributed by atoms with Crippen molar-refractivity contribution in [2.75, 3.05) is 13.2 Å². The maximum atomic E-state index is 14.2. The average molecular weight is 579 g/mol. The lowest BCUT2D eigenvalue weighted by molar-refractivity contribution is -0.277. The number of phenolic OH excluding ortho intramolecular Hbond substituents is 2. The molecule has 224 valence electrons. The fourth-order valence-electron chi connectivity index (χ4n) is 4.16. The maximum Gasteiger partial charge on any atom is 0.294 e. The second-order valence-corrected chi connectivity index (χ2v) is 9.28. The number of benzene rings is 2. The zero-order valence-corrected chi connectivity index (χ0v) is 20.8. The van der Waals surface area contributed by atoms with Crippen LogP contribution >= 0.6 is 0 Å². The van der Waals surface area contributed by atoms with Crippen molar-refractivity contribution in [2.24, 2.45) is 5.92 Å². The van der Waals surface area contributed by atoms with E-state index in [0.717, 1.165) is 0 Å². The van der Waals surface area contributed by atoms with Crippen molar-refractivity contribution >= 4 is 0 Å². The van der Waals surface area contributed by atoms with E-state index in [1.54, 1.807) is 0 Å². The van der Waals surface area contributed by atoms with Crippen LogP contribution in [0.3, 0.4) is 0 Å². The first-order chi connectivity index (χ1) is 18.8. The van der Waals surface area contributed by atoms with E-state index in [4.69, 9.17) is 34.6 Å². The van der Waals surface area contributed by atoms with Crippen LogP contribution in [0.1, 0.15) is 0 Å².